The van der Waals surface area contributed by atoms with E-state index in [1.54, 1.807) is 6.07 Å². The number of allylic oxidation sites excluding steroid dienone is 4. The maximum Gasteiger partial charge on any atom is 0.224 e. The van der Waals surface area contributed by atoms with Crippen LogP contribution in [0, 0.1) is 5.92 Å². The molecule has 4 heteroatoms. The summed E-state index contributed by atoms with van der Waals surface area (Å²) in [6.45, 7) is 7.84. The van der Waals surface area contributed by atoms with Gasteiger partial charge in [-0.3, -0.25) is 0 Å². The smallest absolute Gasteiger partial charge is 0.224 e. The van der Waals surface area contributed by atoms with Crippen molar-refractivity contribution in [3.63, 3.8) is 0 Å². The van der Waals surface area contributed by atoms with Crippen molar-refractivity contribution in [1.29, 1.82) is 0 Å². The van der Waals surface area contributed by atoms with Crippen molar-refractivity contribution in [2.24, 2.45) is 5.92 Å². The predicted molar refractivity (Wildman–Crippen MR) is 107 cm³/mol. The van der Waals surface area contributed by atoms with Crippen molar-refractivity contribution in [2.45, 2.75) is 18.8 Å². The number of hydrogen-bond acceptors (Lipinski definition) is 4. The molecule has 1 aliphatic rings. The molecule has 0 bridgehead atoms. The summed E-state index contributed by atoms with van der Waals surface area (Å²) in [7, 11) is 3.86. The number of fused-ring (bicyclic) bond motifs is 1. The molecule has 2 aromatic rings. The highest BCUT2D eigenvalue weighted by molar-refractivity contribution is 5.47. The number of nitrogens with zero attached hydrogens (tertiary/aromatic N) is 3. The minimum atomic E-state index is 0.125. The van der Waals surface area contributed by atoms with Crippen LogP contribution in [-0.2, 0) is 6.42 Å². The zero-order valence-electron chi connectivity index (χ0n) is 15.4. The fourth-order valence-electron chi connectivity index (χ4n) is 3.78. The molecule has 0 saturated carbocycles. The molecule has 2 unspecified atom stereocenters. The first-order valence-electron chi connectivity index (χ1n) is 8.81. The van der Waals surface area contributed by atoms with E-state index >= 15 is 0 Å². The molecular formula is C22H25N3O. The minimum absolute atomic E-state index is 0.125. The van der Waals surface area contributed by atoms with Gasteiger partial charge in [-0.1, -0.05) is 37.5 Å². The predicted octanol–water partition coefficient (Wildman–Crippen LogP) is 4.24. The summed E-state index contributed by atoms with van der Waals surface area (Å²) < 4.78 is 0. The van der Waals surface area contributed by atoms with E-state index in [0.29, 0.717) is 11.7 Å². The number of aromatic hydroxyl groups is 1. The van der Waals surface area contributed by atoms with Crippen molar-refractivity contribution in [1.82, 2.24) is 9.97 Å². The summed E-state index contributed by atoms with van der Waals surface area (Å²) >= 11 is 0. The highest BCUT2D eigenvalue weighted by Gasteiger charge is 2.33. The van der Waals surface area contributed by atoms with E-state index in [0.717, 1.165) is 18.4 Å². The van der Waals surface area contributed by atoms with Gasteiger partial charge in [-0.05, 0) is 53.2 Å². The number of anilines is 1. The van der Waals surface area contributed by atoms with Gasteiger partial charge in [0.2, 0.25) is 5.95 Å². The molecular weight excluding hydrogens is 322 g/mol. The highest BCUT2D eigenvalue weighted by atomic mass is 16.3. The number of rotatable bonds is 5. The molecule has 1 aromatic heterocycles. The molecule has 1 aliphatic carbocycles. The number of phenolic OH excluding ortho intramolecular Hbond substituents is 1. The largest absolute Gasteiger partial charge is 0.508 e. The number of benzene rings is 1. The van der Waals surface area contributed by atoms with Gasteiger partial charge in [-0.15, -0.1) is 0 Å². The first kappa shape index (κ1) is 17.9. The summed E-state index contributed by atoms with van der Waals surface area (Å²) in [4.78, 5) is 10.9. The van der Waals surface area contributed by atoms with Crippen LogP contribution in [0.4, 0.5) is 5.95 Å². The standard InChI is InChI=1S/C22H25N3O/c1-5-7-15(6-2)19-10-8-16-12-18(26)9-11-20(16)21(19)17-13-23-22(24-14-17)25(3)4/h5-7,9,11-14,19,21,26H,1-2,8,10H2,3-4H3/b15-7+. The summed E-state index contributed by atoms with van der Waals surface area (Å²) in [5.74, 6) is 1.40. The average molecular weight is 347 g/mol. The maximum atomic E-state index is 9.88. The number of aromatic nitrogens is 2. The zero-order chi connectivity index (χ0) is 18.7. The molecule has 0 fully saturated rings. The Balaban J connectivity index is 2.12. The summed E-state index contributed by atoms with van der Waals surface area (Å²) in [6, 6.07) is 5.66. The zero-order valence-corrected chi connectivity index (χ0v) is 15.4. The maximum absolute atomic E-state index is 9.88. The van der Waals surface area contributed by atoms with Gasteiger partial charge in [0.15, 0.2) is 0 Å². The monoisotopic (exact) mass is 347 g/mol. The van der Waals surface area contributed by atoms with Crippen LogP contribution in [0.3, 0.4) is 0 Å². The lowest BCUT2D eigenvalue weighted by Crippen LogP contribution is -2.24. The molecule has 26 heavy (non-hydrogen) atoms. The van der Waals surface area contributed by atoms with E-state index in [2.05, 4.69) is 23.1 Å². The Morgan fingerprint density at radius 3 is 2.58 bits per heavy atom. The Bertz CT molecular complexity index is 837. The molecule has 1 aromatic carbocycles. The number of hydrogen-bond donors (Lipinski definition) is 1. The van der Waals surface area contributed by atoms with Gasteiger partial charge in [-0.2, -0.15) is 0 Å². The molecule has 4 nitrogen and oxygen atoms in total. The molecule has 1 N–H and O–H groups in total. The van der Waals surface area contributed by atoms with Crippen molar-refractivity contribution in [3.8, 4) is 5.75 Å². The first-order valence-corrected chi connectivity index (χ1v) is 8.81. The average Bonchev–Trinajstić information content (AvgIpc) is 2.65. The fraction of sp³-hybridized carbons (Fsp3) is 0.273. The van der Waals surface area contributed by atoms with Crippen LogP contribution < -0.4 is 4.90 Å². The number of aryl methyl sites for hydroxylation is 1. The van der Waals surface area contributed by atoms with E-state index in [9.17, 15) is 5.11 Å². The van der Waals surface area contributed by atoms with Crippen LogP contribution in [0.15, 0.2) is 67.6 Å². The van der Waals surface area contributed by atoms with Gasteiger partial charge in [0.25, 0.3) is 0 Å². The fourth-order valence-corrected chi connectivity index (χ4v) is 3.78. The van der Waals surface area contributed by atoms with Crippen molar-refractivity contribution in [3.05, 3.63) is 84.2 Å². The Labute approximate surface area is 155 Å². The van der Waals surface area contributed by atoms with E-state index in [-0.39, 0.29) is 11.8 Å². The lowest BCUT2D eigenvalue weighted by molar-refractivity contribution is 0.458. The van der Waals surface area contributed by atoms with E-state index < -0.39 is 0 Å². The molecule has 0 amide bonds. The van der Waals surface area contributed by atoms with Gasteiger partial charge >= 0.3 is 0 Å². The third kappa shape index (κ3) is 3.40. The summed E-state index contributed by atoms with van der Waals surface area (Å²) in [5.41, 5.74) is 4.64. The van der Waals surface area contributed by atoms with Gasteiger partial charge in [0.1, 0.15) is 5.75 Å². The van der Waals surface area contributed by atoms with E-state index in [1.165, 1.54) is 16.7 Å². The quantitative estimate of drug-likeness (QED) is 0.822. The Hall–Kier alpha value is -2.88. The van der Waals surface area contributed by atoms with Crippen LogP contribution >= 0.6 is 0 Å². The lowest BCUT2D eigenvalue weighted by Gasteiger charge is -2.35. The Morgan fingerprint density at radius 2 is 1.96 bits per heavy atom. The highest BCUT2D eigenvalue weighted by Crippen LogP contribution is 2.45. The van der Waals surface area contributed by atoms with Gasteiger partial charge in [0.05, 0.1) is 0 Å². The molecule has 0 spiro atoms. The van der Waals surface area contributed by atoms with Gasteiger partial charge in [-0.25, -0.2) is 9.97 Å². The molecule has 0 saturated heterocycles. The van der Waals surface area contributed by atoms with Crippen LogP contribution in [-0.4, -0.2) is 29.2 Å². The summed E-state index contributed by atoms with van der Waals surface area (Å²) in [6.07, 6.45) is 11.5. The van der Waals surface area contributed by atoms with Crippen LogP contribution in [0.1, 0.15) is 29.0 Å². The second kappa shape index (κ2) is 7.56. The molecule has 2 atom stereocenters. The molecule has 3 rings (SSSR count). The van der Waals surface area contributed by atoms with Crippen molar-refractivity contribution < 1.29 is 5.11 Å². The topological polar surface area (TPSA) is 49.3 Å². The first-order chi connectivity index (χ1) is 12.5. The second-order valence-corrected chi connectivity index (χ2v) is 6.82. The molecule has 1 heterocycles. The minimum Gasteiger partial charge on any atom is -0.508 e. The SMILES string of the molecule is C=C/C=C(\C=C)C1CCc2cc(O)ccc2C1c1cnc(N(C)C)nc1. The van der Waals surface area contributed by atoms with Gasteiger partial charge < -0.3 is 10.0 Å². The molecule has 134 valence electrons. The van der Waals surface area contributed by atoms with Crippen molar-refractivity contribution in [2.75, 3.05) is 19.0 Å². The summed E-state index contributed by atoms with van der Waals surface area (Å²) in [5, 5.41) is 9.88. The second-order valence-electron chi connectivity index (χ2n) is 6.82. The van der Waals surface area contributed by atoms with E-state index in [4.69, 9.17) is 0 Å². The third-order valence-corrected chi connectivity index (χ3v) is 4.98. The molecule has 0 aliphatic heterocycles. The molecule has 0 radical (unpaired) electrons. The van der Waals surface area contributed by atoms with Crippen LogP contribution in [0.2, 0.25) is 0 Å². The van der Waals surface area contributed by atoms with Crippen molar-refractivity contribution >= 4 is 5.95 Å². The Morgan fingerprint density at radius 1 is 1.23 bits per heavy atom. The lowest BCUT2D eigenvalue weighted by atomic mass is 9.69. The van der Waals surface area contributed by atoms with Gasteiger partial charge in [0, 0.05) is 32.4 Å². The number of phenols is 1. The van der Waals surface area contributed by atoms with E-state index in [1.807, 2.05) is 61.7 Å². The van der Waals surface area contributed by atoms with Crippen LogP contribution in [0.25, 0.3) is 0 Å². The Kier molecular flexibility index (Phi) is 5.21. The normalized spacial score (nSPS) is 19.5. The third-order valence-electron chi connectivity index (χ3n) is 4.98. The van der Waals surface area contributed by atoms with Crippen LogP contribution in [0.5, 0.6) is 5.75 Å².